The molecule has 0 bridgehead atoms. The SMILES string of the molecule is CC1CCN(C(=O)Cc2ccc([N+](=O)[O-])cc2)C1C(=O)O. The first-order valence-electron chi connectivity index (χ1n) is 6.65. The number of carboxylic acids is 1. The predicted molar refractivity (Wildman–Crippen MR) is 73.7 cm³/mol. The van der Waals surface area contributed by atoms with Gasteiger partial charge in [0.05, 0.1) is 11.3 Å². The molecule has 1 fully saturated rings. The number of hydrogen-bond acceptors (Lipinski definition) is 4. The van der Waals surface area contributed by atoms with Crippen molar-refractivity contribution in [2.75, 3.05) is 6.54 Å². The molecule has 2 atom stereocenters. The van der Waals surface area contributed by atoms with E-state index in [0.717, 1.165) is 0 Å². The van der Waals surface area contributed by atoms with Gasteiger partial charge in [0.2, 0.25) is 5.91 Å². The summed E-state index contributed by atoms with van der Waals surface area (Å²) >= 11 is 0. The molecule has 1 aliphatic heterocycles. The molecule has 1 N–H and O–H groups in total. The highest BCUT2D eigenvalue weighted by molar-refractivity contribution is 5.85. The van der Waals surface area contributed by atoms with Crippen molar-refractivity contribution in [2.45, 2.75) is 25.8 Å². The van der Waals surface area contributed by atoms with Crippen molar-refractivity contribution in [1.29, 1.82) is 0 Å². The van der Waals surface area contributed by atoms with Gasteiger partial charge in [-0.3, -0.25) is 14.9 Å². The fourth-order valence-corrected chi connectivity index (χ4v) is 2.62. The second kappa shape index (κ2) is 5.90. The summed E-state index contributed by atoms with van der Waals surface area (Å²) in [6.45, 7) is 2.25. The molecule has 7 heteroatoms. The van der Waals surface area contributed by atoms with Gasteiger partial charge in [0.25, 0.3) is 5.69 Å². The lowest BCUT2D eigenvalue weighted by Gasteiger charge is -2.23. The maximum absolute atomic E-state index is 12.2. The van der Waals surface area contributed by atoms with E-state index in [9.17, 15) is 24.8 Å². The van der Waals surface area contributed by atoms with Crippen LogP contribution in [-0.4, -0.2) is 39.4 Å². The normalized spacial score (nSPS) is 21.3. The summed E-state index contributed by atoms with van der Waals surface area (Å²) in [4.78, 5) is 34.9. The number of rotatable bonds is 4. The van der Waals surface area contributed by atoms with Crippen LogP contribution in [-0.2, 0) is 16.0 Å². The summed E-state index contributed by atoms with van der Waals surface area (Å²) in [5.74, 6) is -1.32. The zero-order valence-electron chi connectivity index (χ0n) is 11.6. The van der Waals surface area contributed by atoms with Crippen LogP contribution in [0.2, 0.25) is 0 Å². The van der Waals surface area contributed by atoms with Gasteiger partial charge in [-0.15, -0.1) is 0 Å². The van der Waals surface area contributed by atoms with Crippen molar-refractivity contribution >= 4 is 17.6 Å². The summed E-state index contributed by atoms with van der Waals surface area (Å²) in [5.41, 5.74) is 0.596. The van der Waals surface area contributed by atoms with Gasteiger partial charge in [0, 0.05) is 18.7 Å². The molecule has 1 saturated heterocycles. The minimum absolute atomic E-state index is 0.0376. The van der Waals surface area contributed by atoms with Gasteiger partial charge < -0.3 is 10.0 Å². The standard InChI is InChI=1S/C14H16N2O5/c1-9-6-7-15(13(9)14(18)19)12(17)8-10-2-4-11(5-3-10)16(20)21/h2-5,9,13H,6-8H2,1H3,(H,18,19). The Labute approximate surface area is 121 Å². The third kappa shape index (κ3) is 3.18. The molecular weight excluding hydrogens is 276 g/mol. The molecule has 21 heavy (non-hydrogen) atoms. The first kappa shape index (κ1) is 15.0. The molecule has 1 aliphatic rings. The monoisotopic (exact) mass is 292 g/mol. The van der Waals surface area contributed by atoms with Crippen molar-refractivity contribution in [3.8, 4) is 0 Å². The Bertz CT molecular complexity index is 569. The van der Waals surface area contributed by atoms with Crippen LogP contribution in [0.15, 0.2) is 24.3 Å². The lowest BCUT2D eigenvalue weighted by atomic mass is 10.0. The quantitative estimate of drug-likeness (QED) is 0.668. The van der Waals surface area contributed by atoms with Gasteiger partial charge in [-0.25, -0.2) is 4.79 Å². The molecule has 1 heterocycles. The van der Waals surface area contributed by atoms with E-state index < -0.39 is 16.9 Å². The minimum atomic E-state index is -0.989. The minimum Gasteiger partial charge on any atom is -0.480 e. The fraction of sp³-hybridized carbons (Fsp3) is 0.429. The van der Waals surface area contributed by atoms with Gasteiger partial charge >= 0.3 is 5.97 Å². The Morgan fingerprint density at radius 2 is 2.00 bits per heavy atom. The third-order valence-electron chi connectivity index (χ3n) is 3.78. The Hall–Kier alpha value is -2.44. The van der Waals surface area contributed by atoms with E-state index in [-0.39, 0.29) is 23.9 Å². The third-order valence-corrected chi connectivity index (χ3v) is 3.78. The number of aliphatic carboxylic acids is 1. The highest BCUT2D eigenvalue weighted by Crippen LogP contribution is 2.25. The lowest BCUT2D eigenvalue weighted by molar-refractivity contribution is -0.384. The molecule has 1 amide bonds. The van der Waals surface area contributed by atoms with Gasteiger partial charge in [-0.1, -0.05) is 19.1 Å². The van der Waals surface area contributed by atoms with E-state index in [2.05, 4.69) is 0 Å². The van der Waals surface area contributed by atoms with Crippen molar-refractivity contribution in [1.82, 2.24) is 4.90 Å². The number of carboxylic acid groups (broad SMARTS) is 1. The average Bonchev–Trinajstić information content (AvgIpc) is 2.81. The molecule has 0 spiro atoms. The number of carbonyl (C=O) groups excluding carboxylic acids is 1. The highest BCUT2D eigenvalue weighted by atomic mass is 16.6. The van der Waals surface area contributed by atoms with Gasteiger partial charge in [0.1, 0.15) is 6.04 Å². The summed E-state index contributed by atoms with van der Waals surface area (Å²) in [6, 6.07) is 4.93. The van der Waals surface area contributed by atoms with Crippen LogP contribution in [0.3, 0.4) is 0 Å². The lowest BCUT2D eigenvalue weighted by Crippen LogP contribution is -2.43. The molecule has 0 aliphatic carbocycles. The molecule has 1 aromatic carbocycles. The summed E-state index contributed by atoms with van der Waals surface area (Å²) in [7, 11) is 0. The molecule has 2 unspecified atom stereocenters. The van der Waals surface area contributed by atoms with Crippen LogP contribution in [0, 0.1) is 16.0 Å². The van der Waals surface area contributed by atoms with E-state index in [4.69, 9.17) is 0 Å². The molecule has 112 valence electrons. The Kier molecular flexibility index (Phi) is 4.21. The molecule has 1 aromatic rings. The predicted octanol–water partition coefficient (Wildman–Crippen LogP) is 1.46. The van der Waals surface area contributed by atoms with Crippen molar-refractivity contribution < 1.29 is 19.6 Å². The van der Waals surface area contributed by atoms with Crippen LogP contribution in [0.4, 0.5) is 5.69 Å². The topological polar surface area (TPSA) is 101 Å². The van der Waals surface area contributed by atoms with Crippen LogP contribution in [0.25, 0.3) is 0 Å². The zero-order valence-corrected chi connectivity index (χ0v) is 11.6. The number of non-ortho nitro benzene ring substituents is 1. The van der Waals surface area contributed by atoms with E-state index in [1.54, 1.807) is 0 Å². The number of amides is 1. The average molecular weight is 292 g/mol. The Morgan fingerprint density at radius 3 is 2.52 bits per heavy atom. The second-order valence-electron chi connectivity index (χ2n) is 5.24. The summed E-state index contributed by atoms with van der Waals surface area (Å²) < 4.78 is 0. The molecular formula is C14H16N2O5. The number of nitrogens with zero attached hydrogens (tertiary/aromatic N) is 2. The first-order chi connectivity index (χ1) is 9.90. The van der Waals surface area contributed by atoms with Crippen LogP contribution in [0.5, 0.6) is 0 Å². The fourth-order valence-electron chi connectivity index (χ4n) is 2.62. The molecule has 0 aromatic heterocycles. The van der Waals surface area contributed by atoms with E-state index in [1.165, 1.54) is 29.2 Å². The summed E-state index contributed by atoms with van der Waals surface area (Å²) in [5, 5.41) is 19.8. The summed E-state index contributed by atoms with van der Waals surface area (Å²) in [6.07, 6.45) is 0.720. The van der Waals surface area contributed by atoms with Crippen molar-refractivity contribution in [2.24, 2.45) is 5.92 Å². The number of nitro groups is 1. The first-order valence-corrected chi connectivity index (χ1v) is 6.65. The number of nitro benzene ring substituents is 1. The van der Waals surface area contributed by atoms with E-state index in [1.807, 2.05) is 6.92 Å². The van der Waals surface area contributed by atoms with E-state index >= 15 is 0 Å². The molecule has 7 nitrogen and oxygen atoms in total. The Morgan fingerprint density at radius 1 is 1.38 bits per heavy atom. The van der Waals surface area contributed by atoms with Crippen molar-refractivity contribution in [3.63, 3.8) is 0 Å². The van der Waals surface area contributed by atoms with Gasteiger partial charge in [-0.05, 0) is 17.9 Å². The highest BCUT2D eigenvalue weighted by Gasteiger charge is 2.39. The van der Waals surface area contributed by atoms with Crippen LogP contribution < -0.4 is 0 Å². The number of hydrogen-bond donors (Lipinski definition) is 1. The number of carbonyl (C=O) groups is 2. The molecule has 2 rings (SSSR count). The van der Waals surface area contributed by atoms with E-state index in [0.29, 0.717) is 18.5 Å². The van der Waals surface area contributed by atoms with Crippen LogP contribution >= 0.6 is 0 Å². The maximum Gasteiger partial charge on any atom is 0.326 e. The van der Waals surface area contributed by atoms with Gasteiger partial charge in [0.15, 0.2) is 0 Å². The number of benzene rings is 1. The second-order valence-corrected chi connectivity index (χ2v) is 5.24. The zero-order chi connectivity index (χ0) is 15.6. The van der Waals surface area contributed by atoms with Crippen molar-refractivity contribution in [3.05, 3.63) is 39.9 Å². The van der Waals surface area contributed by atoms with Gasteiger partial charge in [-0.2, -0.15) is 0 Å². The number of likely N-dealkylation sites (tertiary alicyclic amines) is 1. The molecule has 0 saturated carbocycles. The largest absolute Gasteiger partial charge is 0.480 e. The smallest absolute Gasteiger partial charge is 0.326 e. The Balaban J connectivity index is 2.07. The molecule has 0 radical (unpaired) electrons. The van der Waals surface area contributed by atoms with Crippen LogP contribution in [0.1, 0.15) is 18.9 Å². The maximum atomic E-state index is 12.2.